The number of nitrogens with zero attached hydrogens (tertiary/aromatic N) is 2. The molecule has 2 heterocycles. The van der Waals surface area contributed by atoms with E-state index in [1.54, 1.807) is 4.57 Å². The van der Waals surface area contributed by atoms with Crippen molar-refractivity contribution in [3.63, 3.8) is 0 Å². The molecule has 0 bridgehead atoms. The Morgan fingerprint density at radius 3 is 2.94 bits per heavy atom. The lowest BCUT2D eigenvalue weighted by atomic mass is 10.2. The summed E-state index contributed by atoms with van der Waals surface area (Å²) in [5.74, 6) is 0. The lowest BCUT2D eigenvalue weighted by molar-refractivity contribution is 0.0998. The van der Waals surface area contributed by atoms with E-state index in [-0.39, 0.29) is 5.69 Å². The average Bonchev–Trinajstić information content (AvgIpc) is 2.79. The molecule has 1 unspecified atom stereocenters. The highest BCUT2D eigenvalue weighted by Crippen LogP contribution is 2.19. The van der Waals surface area contributed by atoms with Gasteiger partial charge in [0.15, 0.2) is 0 Å². The fraction of sp³-hybridized carbons (Fsp3) is 0.667. The van der Waals surface area contributed by atoms with Crippen LogP contribution < -0.4 is 5.69 Å². The smallest absolute Gasteiger partial charge is 0.348 e. The molecule has 1 aromatic heterocycles. The summed E-state index contributed by atoms with van der Waals surface area (Å²) in [5.41, 5.74) is 1.53. The fourth-order valence-corrected chi connectivity index (χ4v) is 2.49. The first-order valence-corrected chi connectivity index (χ1v) is 6.74. The second-order valence-electron chi connectivity index (χ2n) is 4.45. The lowest BCUT2D eigenvalue weighted by Gasteiger charge is -2.14. The van der Waals surface area contributed by atoms with E-state index < -0.39 is 0 Å². The molecule has 1 saturated heterocycles. The Morgan fingerprint density at radius 2 is 2.29 bits per heavy atom. The van der Waals surface area contributed by atoms with Crippen molar-refractivity contribution in [1.82, 2.24) is 9.55 Å². The van der Waals surface area contributed by atoms with Gasteiger partial charge in [-0.2, -0.15) is 4.98 Å². The monoisotopic (exact) mass is 300 g/mol. The van der Waals surface area contributed by atoms with Crippen molar-refractivity contribution >= 4 is 15.9 Å². The summed E-state index contributed by atoms with van der Waals surface area (Å²) in [6, 6.07) is 0. The van der Waals surface area contributed by atoms with Crippen LogP contribution in [0.1, 0.15) is 30.7 Å². The molecular formula is C12H17BrN2O2. The summed E-state index contributed by atoms with van der Waals surface area (Å²) in [5, 5.41) is 0. The molecule has 0 amide bonds. The van der Waals surface area contributed by atoms with Crippen molar-refractivity contribution in [3.8, 4) is 0 Å². The molecule has 0 aliphatic carbocycles. The zero-order chi connectivity index (χ0) is 12.4. The van der Waals surface area contributed by atoms with E-state index in [0.717, 1.165) is 41.7 Å². The van der Waals surface area contributed by atoms with E-state index in [9.17, 15) is 4.79 Å². The Morgan fingerprint density at radius 1 is 1.53 bits per heavy atom. The van der Waals surface area contributed by atoms with Crippen LogP contribution in [-0.2, 0) is 11.3 Å². The minimum atomic E-state index is -0.166. The van der Waals surface area contributed by atoms with Crippen molar-refractivity contribution < 1.29 is 4.74 Å². The second kappa shape index (κ2) is 5.31. The maximum Gasteiger partial charge on any atom is 0.348 e. The van der Waals surface area contributed by atoms with E-state index in [1.807, 2.05) is 13.8 Å². The van der Waals surface area contributed by atoms with Crippen molar-refractivity contribution in [2.24, 2.45) is 0 Å². The Labute approximate surface area is 109 Å². The molecule has 1 aliphatic heterocycles. The molecule has 1 fully saturated rings. The van der Waals surface area contributed by atoms with Gasteiger partial charge in [-0.25, -0.2) is 4.79 Å². The maximum atomic E-state index is 11.8. The molecule has 2 rings (SSSR count). The van der Waals surface area contributed by atoms with Crippen LogP contribution in [0.3, 0.4) is 0 Å². The van der Waals surface area contributed by atoms with E-state index in [2.05, 4.69) is 20.9 Å². The summed E-state index contributed by atoms with van der Waals surface area (Å²) in [7, 11) is 0. The molecule has 0 N–H and O–H groups in total. The molecule has 0 spiro atoms. The number of rotatable bonds is 3. The molecule has 1 atom stereocenters. The number of hydrogen-bond acceptors (Lipinski definition) is 3. The quantitative estimate of drug-likeness (QED) is 0.859. The zero-order valence-corrected chi connectivity index (χ0v) is 11.8. The van der Waals surface area contributed by atoms with Crippen molar-refractivity contribution in [2.45, 2.75) is 45.8 Å². The summed E-state index contributed by atoms with van der Waals surface area (Å²) < 4.78 is 8.20. The molecule has 0 saturated carbocycles. The van der Waals surface area contributed by atoms with Crippen LogP contribution in [0.5, 0.6) is 0 Å². The molecular weight excluding hydrogens is 284 g/mol. The SMILES string of the molecule is Cc1nc(=O)n(CCC2CCCO2)c(C)c1Br. The highest BCUT2D eigenvalue weighted by Gasteiger charge is 2.16. The van der Waals surface area contributed by atoms with Crippen molar-refractivity contribution in [3.05, 3.63) is 26.3 Å². The van der Waals surface area contributed by atoms with Crippen LogP contribution in [0, 0.1) is 13.8 Å². The molecule has 5 heteroatoms. The fourth-order valence-electron chi connectivity index (χ4n) is 2.19. The number of ether oxygens (including phenoxy) is 1. The van der Waals surface area contributed by atoms with Gasteiger partial charge >= 0.3 is 5.69 Å². The van der Waals surface area contributed by atoms with Crippen LogP contribution in [0.4, 0.5) is 0 Å². The minimum absolute atomic E-state index is 0.166. The van der Waals surface area contributed by atoms with Gasteiger partial charge in [-0.15, -0.1) is 0 Å². The predicted octanol–water partition coefficient (Wildman–Crippen LogP) is 2.19. The Balaban J connectivity index is 2.15. The molecule has 1 aliphatic rings. The number of aromatic nitrogens is 2. The third-order valence-electron chi connectivity index (χ3n) is 3.23. The van der Waals surface area contributed by atoms with Crippen LogP contribution in [-0.4, -0.2) is 22.3 Å². The van der Waals surface area contributed by atoms with Crippen LogP contribution in [0.2, 0.25) is 0 Å². The van der Waals surface area contributed by atoms with Gasteiger partial charge in [0.1, 0.15) is 0 Å². The highest BCUT2D eigenvalue weighted by atomic mass is 79.9. The molecule has 94 valence electrons. The topological polar surface area (TPSA) is 44.1 Å². The minimum Gasteiger partial charge on any atom is -0.378 e. The summed E-state index contributed by atoms with van der Waals surface area (Å²) in [6.07, 6.45) is 3.43. The van der Waals surface area contributed by atoms with Gasteiger partial charge in [0, 0.05) is 18.8 Å². The summed E-state index contributed by atoms with van der Waals surface area (Å²) in [4.78, 5) is 15.8. The van der Waals surface area contributed by atoms with E-state index >= 15 is 0 Å². The first-order valence-electron chi connectivity index (χ1n) is 5.94. The second-order valence-corrected chi connectivity index (χ2v) is 5.25. The van der Waals surface area contributed by atoms with E-state index in [0.29, 0.717) is 12.6 Å². The lowest BCUT2D eigenvalue weighted by Crippen LogP contribution is -2.28. The predicted molar refractivity (Wildman–Crippen MR) is 69.3 cm³/mol. The average molecular weight is 301 g/mol. The van der Waals surface area contributed by atoms with Gasteiger partial charge in [-0.05, 0) is 49.0 Å². The van der Waals surface area contributed by atoms with Crippen molar-refractivity contribution in [1.29, 1.82) is 0 Å². The third kappa shape index (κ3) is 2.77. The molecule has 0 radical (unpaired) electrons. The maximum absolute atomic E-state index is 11.8. The molecule has 1 aromatic rings. The van der Waals surface area contributed by atoms with Crippen LogP contribution in [0.15, 0.2) is 9.27 Å². The van der Waals surface area contributed by atoms with Crippen LogP contribution in [0.25, 0.3) is 0 Å². The third-order valence-corrected chi connectivity index (χ3v) is 4.38. The van der Waals surface area contributed by atoms with Crippen molar-refractivity contribution in [2.75, 3.05) is 6.61 Å². The van der Waals surface area contributed by atoms with Gasteiger partial charge in [-0.1, -0.05) is 0 Å². The van der Waals surface area contributed by atoms with Gasteiger partial charge in [0.2, 0.25) is 0 Å². The number of hydrogen-bond donors (Lipinski definition) is 0. The van der Waals surface area contributed by atoms with Gasteiger partial charge < -0.3 is 4.74 Å². The van der Waals surface area contributed by atoms with Crippen LogP contribution >= 0.6 is 15.9 Å². The highest BCUT2D eigenvalue weighted by molar-refractivity contribution is 9.10. The van der Waals surface area contributed by atoms with Gasteiger partial charge in [0.25, 0.3) is 0 Å². The van der Waals surface area contributed by atoms with Gasteiger partial charge in [0.05, 0.1) is 16.3 Å². The Hall–Kier alpha value is -0.680. The number of halogens is 1. The molecule has 0 aromatic carbocycles. The zero-order valence-electron chi connectivity index (χ0n) is 10.2. The molecule has 17 heavy (non-hydrogen) atoms. The van der Waals surface area contributed by atoms with Gasteiger partial charge in [-0.3, -0.25) is 4.57 Å². The first-order chi connectivity index (χ1) is 8.09. The number of aryl methyl sites for hydroxylation is 1. The standard InChI is InChI=1S/C12H17BrN2O2/c1-8-11(13)9(2)15(12(16)14-8)6-5-10-4-3-7-17-10/h10H,3-7H2,1-2H3. The molecule has 4 nitrogen and oxygen atoms in total. The normalized spacial score (nSPS) is 19.8. The van der Waals surface area contributed by atoms with E-state index in [1.165, 1.54) is 0 Å². The first kappa shape index (κ1) is 12.8. The Bertz CT molecular complexity index is 464. The summed E-state index contributed by atoms with van der Waals surface area (Å²) in [6.45, 7) is 5.31. The summed E-state index contributed by atoms with van der Waals surface area (Å²) >= 11 is 3.46. The van der Waals surface area contributed by atoms with E-state index in [4.69, 9.17) is 4.74 Å². The largest absolute Gasteiger partial charge is 0.378 e. The Kier molecular flexibility index (Phi) is 3.99.